The number of carboxylic acids is 1. The van der Waals surface area contributed by atoms with Gasteiger partial charge in [0, 0.05) is 6.61 Å². The van der Waals surface area contributed by atoms with Crippen LogP contribution in [0.15, 0.2) is 0 Å². The van der Waals surface area contributed by atoms with Crippen LogP contribution >= 0.6 is 0 Å². The lowest BCUT2D eigenvalue weighted by atomic mass is 10.2. The van der Waals surface area contributed by atoms with Gasteiger partial charge in [-0.05, 0) is 25.7 Å². The second-order valence-corrected chi connectivity index (χ2v) is 2.55. The Labute approximate surface area is 60.0 Å². The third kappa shape index (κ3) is 1.70. The number of rotatable bonds is 4. The normalized spacial score (nSPS) is 20.5. The molecule has 10 heavy (non-hydrogen) atoms. The van der Waals surface area contributed by atoms with E-state index in [0.29, 0.717) is 6.61 Å². The molecular weight excluding hydrogens is 132 g/mol. The lowest BCUT2D eigenvalue weighted by Crippen LogP contribution is -2.25. The maximum atomic E-state index is 10.4. The highest BCUT2D eigenvalue weighted by Crippen LogP contribution is 2.34. The first-order valence-electron chi connectivity index (χ1n) is 3.60. The minimum Gasteiger partial charge on any atom is -0.479 e. The van der Waals surface area contributed by atoms with Crippen LogP contribution in [0.5, 0.6) is 0 Å². The number of carboxylic acid groups (broad SMARTS) is 1. The molecule has 0 saturated heterocycles. The third-order valence-corrected chi connectivity index (χ3v) is 1.64. The van der Waals surface area contributed by atoms with Gasteiger partial charge in [0.05, 0.1) is 0 Å². The minimum atomic E-state index is -0.815. The molecule has 0 aromatic carbocycles. The van der Waals surface area contributed by atoms with Crippen LogP contribution in [-0.4, -0.2) is 23.8 Å². The molecule has 0 aromatic rings. The molecule has 1 N–H and O–H groups in total. The standard InChI is InChI=1S/C7H12O3/c1-2-10-6(7(8)9)5-3-4-5/h5-6H,2-4H2,1H3,(H,8,9). The Balaban J connectivity index is 2.34. The summed E-state index contributed by atoms with van der Waals surface area (Å²) in [5, 5.41) is 8.59. The Morgan fingerprint density at radius 1 is 1.80 bits per heavy atom. The summed E-state index contributed by atoms with van der Waals surface area (Å²) in [6.07, 6.45) is 1.48. The molecule has 0 aliphatic heterocycles. The fraction of sp³-hybridized carbons (Fsp3) is 0.857. The van der Waals surface area contributed by atoms with Crippen LogP contribution in [0.1, 0.15) is 19.8 Å². The molecule has 0 bridgehead atoms. The highest BCUT2D eigenvalue weighted by Gasteiger charge is 2.36. The average molecular weight is 144 g/mol. The van der Waals surface area contributed by atoms with Crippen molar-refractivity contribution >= 4 is 5.97 Å². The molecule has 0 radical (unpaired) electrons. The maximum absolute atomic E-state index is 10.4. The van der Waals surface area contributed by atoms with E-state index < -0.39 is 12.1 Å². The van der Waals surface area contributed by atoms with E-state index in [-0.39, 0.29) is 5.92 Å². The van der Waals surface area contributed by atoms with Crippen molar-refractivity contribution in [1.82, 2.24) is 0 Å². The fourth-order valence-electron chi connectivity index (χ4n) is 0.988. The maximum Gasteiger partial charge on any atom is 0.333 e. The largest absolute Gasteiger partial charge is 0.479 e. The number of hydrogen-bond acceptors (Lipinski definition) is 2. The van der Waals surface area contributed by atoms with Crippen molar-refractivity contribution in [1.29, 1.82) is 0 Å². The van der Waals surface area contributed by atoms with E-state index in [2.05, 4.69) is 0 Å². The highest BCUT2D eigenvalue weighted by atomic mass is 16.5. The number of hydrogen-bond donors (Lipinski definition) is 1. The van der Waals surface area contributed by atoms with E-state index in [0.717, 1.165) is 12.8 Å². The number of ether oxygens (including phenoxy) is 1. The molecule has 0 amide bonds. The van der Waals surface area contributed by atoms with Crippen LogP contribution in [0.4, 0.5) is 0 Å². The van der Waals surface area contributed by atoms with Gasteiger partial charge in [-0.15, -0.1) is 0 Å². The van der Waals surface area contributed by atoms with Gasteiger partial charge in [0.1, 0.15) is 0 Å². The zero-order chi connectivity index (χ0) is 7.56. The van der Waals surface area contributed by atoms with Gasteiger partial charge >= 0.3 is 5.97 Å². The molecule has 3 nitrogen and oxygen atoms in total. The van der Waals surface area contributed by atoms with E-state index in [1.165, 1.54) is 0 Å². The molecule has 3 heteroatoms. The molecule has 1 saturated carbocycles. The fourth-order valence-corrected chi connectivity index (χ4v) is 0.988. The Morgan fingerprint density at radius 3 is 2.70 bits per heavy atom. The average Bonchev–Trinajstić information content (AvgIpc) is 2.63. The van der Waals surface area contributed by atoms with Crippen molar-refractivity contribution in [2.45, 2.75) is 25.9 Å². The monoisotopic (exact) mass is 144 g/mol. The second kappa shape index (κ2) is 3.01. The summed E-state index contributed by atoms with van der Waals surface area (Å²) in [7, 11) is 0. The van der Waals surface area contributed by atoms with Crippen LogP contribution in [0.25, 0.3) is 0 Å². The first-order chi connectivity index (χ1) is 4.75. The molecule has 0 heterocycles. The molecule has 58 valence electrons. The molecule has 1 unspecified atom stereocenters. The summed E-state index contributed by atoms with van der Waals surface area (Å²) in [6.45, 7) is 2.31. The Hall–Kier alpha value is -0.570. The summed E-state index contributed by atoms with van der Waals surface area (Å²) in [6, 6.07) is 0. The SMILES string of the molecule is CCOC(C(=O)O)C1CC1. The van der Waals surface area contributed by atoms with Crippen molar-refractivity contribution in [2.24, 2.45) is 5.92 Å². The summed E-state index contributed by atoms with van der Waals surface area (Å²) >= 11 is 0. The molecule has 1 atom stereocenters. The molecule has 1 rings (SSSR count). The molecule has 1 aliphatic carbocycles. The van der Waals surface area contributed by atoms with Crippen molar-refractivity contribution in [3.05, 3.63) is 0 Å². The smallest absolute Gasteiger partial charge is 0.333 e. The van der Waals surface area contributed by atoms with Crippen molar-refractivity contribution in [3.8, 4) is 0 Å². The van der Waals surface area contributed by atoms with Crippen molar-refractivity contribution < 1.29 is 14.6 Å². The Morgan fingerprint density at radius 2 is 2.40 bits per heavy atom. The Kier molecular flexibility index (Phi) is 2.27. The molecule has 1 aliphatic rings. The summed E-state index contributed by atoms with van der Waals surface area (Å²) in [5.41, 5.74) is 0. The predicted molar refractivity (Wildman–Crippen MR) is 35.8 cm³/mol. The first kappa shape index (κ1) is 7.54. The van der Waals surface area contributed by atoms with Crippen molar-refractivity contribution in [2.75, 3.05) is 6.61 Å². The van der Waals surface area contributed by atoms with E-state index in [1.807, 2.05) is 6.92 Å². The number of aliphatic carboxylic acids is 1. The lowest BCUT2D eigenvalue weighted by molar-refractivity contribution is -0.151. The Bertz CT molecular complexity index is 129. The van der Waals surface area contributed by atoms with Gasteiger partial charge in [-0.3, -0.25) is 0 Å². The van der Waals surface area contributed by atoms with E-state index in [1.54, 1.807) is 0 Å². The van der Waals surface area contributed by atoms with E-state index in [9.17, 15) is 4.79 Å². The number of carbonyl (C=O) groups is 1. The van der Waals surface area contributed by atoms with Gasteiger partial charge in [0.25, 0.3) is 0 Å². The predicted octanol–water partition coefficient (Wildman–Crippen LogP) is 0.886. The van der Waals surface area contributed by atoms with Gasteiger partial charge in [0.15, 0.2) is 6.10 Å². The molecular formula is C7H12O3. The van der Waals surface area contributed by atoms with Crippen LogP contribution in [0.2, 0.25) is 0 Å². The molecule has 0 aromatic heterocycles. The quantitative estimate of drug-likeness (QED) is 0.637. The van der Waals surface area contributed by atoms with Gasteiger partial charge in [-0.25, -0.2) is 4.79 Å². The highest BCUT2D eigenvalue weighted by molar-refractivity contribution is 5.73. The third-order valence-electron chi connectivity index (χ3n) is 1.64. The van der Waals surface area contributed by atoms with E-state index in [4.69, 9.17) is 9.84 Å². The molecule has 1 fully saturated rings. The summed E-state index contributed by atoms with van der Waals surface area (Å²) in [5.74, 6) is -0.526. The second-order valence-electron chi connectivity index (χ2n) is 2.55. The lowest BCUT2D eigenvalue weighted by Gasteiger charge is -2.09. The van der Waals surface area contributed by atoms with E-state index >= 15 is 0 Å². The zero-order valence-electron chi connectivity index (χ0n) is 6.04. The zero-order valence-corrected chi connectivity index (χ0v) is 6.04. The van der Waals surface area contributed by atoms with Crippen molar-refractivity contribution in [3.63, 3.8) is 0 Å². The van der Waals surface area contributed by atoms with Gasteiger partial charge in [-0.1, -0.05) is 0 Å². The van der Waals surface area contributed by atoms with Gasteiger partial charge < -0.3 is 9.84 Å². The van der Waals surface area contributed by atoms with Gasteiger partial charge in [-0.2, -0.15) is 0 Å². The van der Waals surface area contributed by atoms with Crippen LogP contribution in [0.3, 0.4) is 0 Å². The van der Waals surface area contributed by atoms with Crippen LogP contribution in [0, 0.1) is 5.92 Å². The summed E-state index contributed by atoms with van der Waals surface area (Å²) in [4.78, 5) is 10.4. The minimum absolute atomic E-state index is 0.289. The van der Waals surface area contributed by atoms with Gasteiger partial charge in [0.2, 0.25) is 0 Å². The van der Waals surface area contributed by atoms with Crippen LogP contribution < -0.4 is 0 Å². The topological polar surface area (TPSA) is 46.5 Å². The molecule has 0 spiro atoms. The van der Waals surface area contributed by atoms with Crippen LogP contribution in [-0.2, 0) is 9.53 Å². The summed E-state index contributed by atoms with van der Waals surface area (Å²) < 4.78 is 5.03. The first-order valence-corrected chi connectivity index (χ1v) is 3.60.